The highest BCUT2D eigenvalue weighted by molar-refractivity contribution is 7.92. The van der Waals surface area contributed by atoms with Gasteiger partial charge < -0.3 is 9.84 Å². The number of aryl methyl sites for hydroxylation is 1. The van der Waals surface area contributed by atoms with E-state index in [0.717, 1.165) is 18.4 Å². The van der Waals surface area contributed by atoms with Crippen LogP contribution in [-0.2, 0) is 16.4 Å². The molecule has 2 rings (SSSR count). The first-order valence-electron chi connectivity index (χ1n) is 6.95. The molecule has 0 unspecified atom stereocenters. The highest BCUT2D eigenvalue weighted by atomic mass is 32.2. The van der Waals surface area contributed by atoms with Gasteiger partial charge in [0.2, 0.25) is 0 Å². The van der Waals surface area contributed by atoms with Crippen LogP contribution in [0.25, 0.3) is 0 Å². The van der Waals surface area contributed by atoms with Gasteiger partial charge in [-0.2, -0.15) is 0 Å². The summed E-state index contributed by atoms with van der Waals surface area (Å²) in [5, 5.41) is 9.69. The van der Waals surface area contributed by atoms with Gasteiger partial charge in [0.05, 0.1) is 17.7 Å². The van der Waals surface area contributed by atoms with Crippen molar-refractivity contribution in [2.75, 3.05) is 11.8 Å². The zero-order valence-corrected chi connectivity index (χ0v) is 13.4. The van der Waals surface area contributed by atoms with Crippen LogP contribution in [0.3, 0.4) is 0 Å². The van der Waals surface area contributed by atoms with Crippen molar-refractivity contribution in [2.24, 2.45) is 0 Å². The number of phenolic OH excluding ortho intramolecular Hbond substituents is 1. The second-order valence-electron chi connectivity index (χ2n) is 4.89. The predicted octanol–water partition coefficient (Wildman–Crippen LogP) is 3.15. The lowest BCUT2D eigenvalue weighted by Gasteiger charge is -2.10. The Morgan fingerprint density at radius 1 is 1.14 bits per heavy atom. The molecule has 0 atom stereocenters. The summed E-state index contributed by atoms with van der Waals surface area (Å²) in [7, 11) is -2.26. The van der Waals surface area contributed by atoms with Gasteiger partial charge in [-0.3, -0.25) is 4.72 Å². The number of nitrogens with one attached hydrogen (secondary N) is 1. The summed E-state index contributed by atoms with van der Waals surface area (Å²) >= 11 is 0. The SMILES string of the molecule is CCCc1ccc(S(=O)(=O)Nc2ccc(OC)c(O)c2)cc1. The van der Waals surface area contributed by atoms with Gasteiger partial charge in [0.25, 0.3) is 10.0 Å². The summed E-state index contributed by atoms with van der Waals surface area (Å²) in [5.74, 6) is 0.160. The number of phenols is 1. The van der Waals surface area contributed by atoms with Crippen LogP contribution in [0.5, 0.6) is 11.5 Å². The molecule has 0 aliphatic carbocycles. The van der Waals surface area contributed by atoms with E-state index in [4.69, 9.17) is 4.74 Å². The molecule has 0 saturated heterocycles. The van der Waals surface area contributed by atoms with Crippen LogP contribution in [0.4, 0.5) is 5.69 Å². The number of benzene rings is 2. The minimum absolute atomic E-state index is 0.124. The van der Waals surface area contributed by atoms with Gasteiger partial charge in [-0.15, -0.1) is 0 Å². The third kappa shape index (κ3) is 3.71. The lowest BCUT2D eigenvalue weighted by atomic mass is 10.1. The van der Waals surface area contributed by atoms with E-state index in [2.05, 4.69) is 11.6 Å². The summed E-state index contributed by atoms with van der Waals surface area (Å²) in [6, 6.07) is 11.1. The Morgan fingerprint density at radius 3 is 2.36 bits per heavy atom. The van der Waals surface area contributed by atoms with Crippen LogP contribution in [-0.4, -0.2) is 20.6 Å². The summed E-state index contributed by atoms with van der Waals surface area (Å²) in [4.78, 5) is 0.183. The molecule has 0 bridgehead atoms. The van der Waals surface area contributed by atoms with Crippen LogP contribution in [0, 0.1) is 0 Å². The predicted molar refractivity (Wildman–Crippen MR) is 85.9 cm³/mol. The average Bonchev–Trinajstić information content (AvgIpc) is 2.48. The number of hydrogen-bond donors (Lipinski definition) is 2. The molecule has 0 aliphatic rings. The minimum Gasteiger partial charge on any atom is -0.504 e. The van der Waals surface area contributed by atoms with E-state index < -0.39 is 10.0 Å². The Balaban J connectivity index is 2.21. The number of hydrogen-bond acceptors (Lipinski definition) is 4. The topological polar surface area (TPSA) is 75.6 Å². The van der Waals surface area contributed by atoms with Crippen LogP contribution in [0.15, 0.2) is 47.4 Å². The van der Waals surface area contributed by atoms with E-state index in [1.165, 1.54) is 25.3 Å². The number of rotatable bonds is 6. The maximum absolute atomic E-state index is 12.3. The molecular formula is C16H19NO4S. The standard InChI is InChI=1S/C16H19NO4S/c1-3-4-12-5-8-14(9-6-12)22(19,20)17-13-7-10-16(21-2)15(18)11-13/h5-11,17-18H,3-4H2,1-2H3. The summed E-state index contributed by atoms with van der Waals surface area (Å²) in [5.41, 5.74) is 1.37. The van der Waals surface area contributed by atoms with Crippen molar-refractivity contribution in [3.63, 3.8) is 0 Å². The third-order valence-corrected chi connectivity index (χ3v) is 4.60. The highest BCUT2D eigenvalue weighted by Gasteiger charge is 2.15. The Kier molecular flexibility index (Phi) is 4.92. The summed E-state index contributed by atoms with van der Waals surface area (Å²) in [6.07, 6.45) is 1.93. The van der Waals surface area contributed by atoms with Crippen molar-refractivity contribution >= 4 is 15.7 Å². The molecule has 0 spiro atoms. The zero-order chi connectivity index (χ0) is 16.2. The lowest BCUT2D eigenvalue weighted by Crippen LogP contribution is -2.12. The number of anilines is 1. The summed E-state index contributed by atoms with van der Waals surface area (Å²) in [6.45, 7) is 2.07. The van der Waals surface area contributed by atoms with Gasteiger partial charge >= 0.3 is 0 Å². The number of methoxy groups -OCH3 is 1. The normalized spacial score (nSPS) is 11.2. The molecule has 2 aromatic rings. The monoisotopic (exact) mass is 321 g/mol. The summed E-state index contributed by atoms with van der Waals surface area (Å²) < 4.78 is 32.0. The van der Waals surface area contributed by atoms with Crippen molar-refractivity contribution in [1.82, 2.24) is 0 Å². The number of sulfonamides is 1. The van der Waals surface area contributed by atoms with Gasteiger partial charge in [-0.1, -0.05) is 25.5 Å². The van der Waals surface area contributed by atoms with Gasteiger partial charge in [-0.05, 0) is 36.2 Å². The second-order valence-corrected chi connectivity index (χ2v) is 6.57. The van der Waals surface area contributed by atoms with Gasteiger partial charge in [0.15, 0.2) is 11.5 Å². The van der Waals surface area contributed by atoms with Crippen LogP contribution in [0.2, 0.25) is 0 Å². The molecule has 0 saturated carbocycles. The van der Waals surface area contributed by atoms with Crippen molar-refractivity contribution in [3.05, 3.63) is 48.0 Å². The highest BCUT2D eigenvalue weighted by Crippen LogP contribution is 2.29. The quantitative estimate of drug-likeness (QED) is 0.857. The van der Waals surface area contributed by atoms with E-state index in [0.29, 0.717) is 0 Å². The molecule has 0 heterocycles. The largest absolute Gasteiger partial charge is 0.504 e. The fraction of sp³-hybridized carbons (Fsp3) is 0.250. The Labute approximate surface area is 130 Å². The first-order chi connectivity index (χ1) is 10.5. The molecule has 2 N–H and O–H groups in total. The fourth-order valence-corrected chi connectivity index (χ4v) is 3.14. The lowest BCUT2D eigenvalue weighted by molar-refractivity contribution is 0.373. The number of ether oxygens (including phenoxy) is 1. The molecule has 0 fully saturated rings. The second kappa shape index (κ2) is 6.70. The van der Waals surface area contributed by atoms with E-state index in [1.54, 1.807) is 12.1 Å². The maximum atomic E-state index is 12.3. The van der Waals surface area contributed by atoms with Gasteiger partial charge in [0, 0.05) is 6.07 Å². The first-order valence-corrected chi connectivity index (χ1v) is 8.43. The molecule has 0 aliphatic heterocycles. The van der Waals surface area contributed by atoms with E-state index >= 15 is 0 Å². The fourth-order valence-electron chi connectivity index (χ4n) is 2.09. The Bertz CT molecular complexity index is 739. The molecule has 0 radical (unpaired) electrons. The van der Waals surface area contributed by atoms with E-state index in [-0.39, 0.29) is 22.1 Å². The molecule has 2 aromatic carbocycles. The van der Waals surface area contributed by atoms with Crippen molar-refractivity contribution < 1.29 is 18.3 Å². The Morgan fingerprint density at radius 2 is 1.82 bits per heavy atom. The van der Waals surface area contributed by atoms with Crippen molar-refractivity contribution in [3.8, 4) is 11.5 Å². The van der Waals surface area contributed by atoms with Crippen LogP contribution >= 0.6 is 0 Å². The third-order valence-electron chi connectivity index (χ3n) is 3.20. The van der Waals surface area contributed by atoms with E-state index in [9.17, 15) is 13.5 Å². The minimum atomic E-state index is -3.68. The van der Waals surface area contributed by atoms with Crippen molar-refractivity contribution in [2.45, 2.75) is 24.7 Å². The van der Waals surface area contributed by atoms with Crippen LogP contribution < -0.4 is 9.46 Å². The maximum Gasteiger partial charge on any atom is 0.261 e. The molecule has 5 nitrogen and oxygen atoms in total. The molecule has 118 valence electrons. The molecule has 0 aromatic heterocycles. The molecule has 22 heavy (non-hydrogen) atoms. The van der Waals surface area contributed by atoms with E-state index in [1.807, 2.05) is 12.1 Å². The van der Waals surface area contributed by atoms with Crippen molar-refractivity contribution in [1.29, 1.82) is 0 Å². The Hall–Kier alpha value is -2.21. The number of aromatic hydroxyl groups is 1. The van der Waals surface area contributed by atoms with Crippen LogP contribution in [0.1, 0.15) is 18.9 Å². The smallest absolute Gasteiger partial charge is 0.261 e. The molecule has 0 amide bonds. The zero-order valence-electron chi connectivity index (χ0n) is 12.5. The molecular weight excluding hydrogens is 302 g/mol. The average molecular weight is 321 g/mol. The van der Waals surface area contributed by atoms with Gasteiger partial charge in [0.1, 0.15) is 0 Å². The van der Waals surface area contributed by atoms with Gasteiger partial charge in [-0.25, -0.2) is 8.42 Å². The molecule has 6 heteroatoms. The first kappa shape index (κ1) is 16.2.